The van der Waals surface area contributed by atoms with E-state index < -0.39 is 5.97 Å². The molecule has 4 rings (SSSR count). The molecule has 2 aromatic rings. The lowest BCUT2D eigenvalue weighted by Crippen LogP contribution is -2.36. The molecule has 57 heavy (non-hydrogen) atoms. The Labute approximate surface area is 425 Å². The molecule has 0 unspecified atom stereocenters. The number of halogens is 8. The van der Waals surface area contributed by atoms with Gasteiger partial charge in [0.2, 0.25) is 0 Å². The van der Waals surface area contributed by atoms with Crippen molar-refractivity contribution in [3.05, 3.63) is 47.5 Å². The zero-order valence-electron chi connectivity index (χ0n) is 33.0. The van der Waals surface area contributed by atoms with Crippen LogP contribution >= 0.6 is 136 Å². The molecule has 2 heterocycles. The first-order valence-electron chi connectivity index (χ1n) is 17.0. The summed E-state index contributed by atoms with van der Waals surface area (Å²) in [6, 6.07) is 14.2. The van der Waals surface area contributed by atoms with Gasteiger partial charge in [-0.25, -0.2) is 0 Å². The molecule has 15 nitrogen and oxygen atoms in total. The summed E-state index contributed by atoms with van der Waals surface area (Å²) >= 11 is 0. The minimum atomic E-state index is -0.833. The molecule has 2 aromatic carbocycles. The highest BCUT2D eigenvalue weighted by Gasteiger charge is 2.10. The molecule has 0 radical (unpaired) electrons. The Morgan fingerprint density at radius 3 is 1.05 bits per heavy atom. The Morgan fingerprint density at radius 2 is 0.737 bits per heavy atom. The Hall–Kier alpha value is 1.49. The number of fused-ring (bicyclic) bond motifs is 1. The van der Waals surface area contributed by atoms with Gasteiger partial charge in [-0.15, -0.1) is 136 Å². The third-order valence-corrected chi connectivity index (χ3v) is 8.02. The molecule has 0 amide bonds. The predicted octanol–water partition coefficient (Wildman–Crippen LogP) is 2.16. The van der Waals surface area contributed by atoms with Crippen molar-refractivity contribution in [2.75, 3.05) is 105 Å². The number of hydrogen-bond acceptors (Lipinski definition) is 9. The van der Waals surface area contributed by atoms with Crippen LogP contribution in [0.2, 0.25) is 0 Å². The fourth-order valence-corrected chi connectivity index (χ4v) is 5.71. The maximum Gasteiger partial charge on any atom is 0.300 e. The summed E-state index contributed by atoms with van der Waals surface area (Å²) < 4.78 is 0. The Balaban J connectivity index is -0.000000132. The van der Waals surface area contributed by atoms with Gasteiger partial charge in [0.25, 0.3) is 5.97 Å². The molecule has 17 N–H and O–H groups in total. The van der Waals surface area contributed by atoms with E-state index in [-0.39, 0.29) is 163 Å². The molecule has 2 aliphatic rings. The van der Waals surface area contributed by atoms with Crippen LogP contribution in [0.25, 0.3) is 10.8 Å². The highest BCUT2D eigenvalue weighted by Crippen LogP contribution is 2.20. The summed E-state index contributed by atoms with van der Waals surface area (Å²) in [5, 5.41) is 31.6. The van der Waals surface area contributed by atoms with Crippen LogP contribution < -0.4 is 31.9 Å². The van der Waals surface area contributed by atoms with Crippen LogP contribution in [-0.4, -0.2) is 153 Å². The van der Waals surface area contributed by atoms with Gasteiger partial charge in [0.15, 0.2) is 0 Å². The average Bonchev–Trinajstić information content (AvgIpc) is 3.00. The van der Waals surface area contributed by atoms with Gasteiger partial charge in [-0.3, -0.25) is 14.6 Å². The van der Waals surface area contributed by atoms with Gasteiger partial charge in [0, 0.05) is 72.4 Å². The molecule has 0 saturated carbocycles. The Bertz CT molecular complexity index is 987. The van der Waals surface area contributed by atoms with Crippen LogP contribution in [0.1, 0.15) is 43.7 Å². The quantitative estimate of drug-likeness (QED) is 0.235. The number of nitrogens with one attached hydrogen (secondary N) is 6. The number of nitrogens with zero attached hydrogens (tertiary/aromatic N) is 2. The number of carbonyl (C=O) groups is 1. The van der Waals surface area contributed by atoms with Crippen molar-refractivity contribution < 1.29 is 37.3 Å². The smallest absolute Gasteiger partial charge is 0.300 e. The first-order valence-corrected chi connectivity index (χ1v) is 17.0. The van der Waals surface area contributed by atoms with E-state index >= 15 is 0 Å². The highest BCUT2D eigenvalue weighted by molar-refractivity contribution is 8.93. The van der Waals surface area contributed by atoms with E-state index in [4.69, 9.17) is 9.90 Å². The van der Waals surface area contributed by atoms with Crippen molar-refractivity contribution in [3.63, 3.8) is 0 Å². The van der Waals surface area contributed by atoms with Gasteiger partial charge in [0.05, 0.1) is 0 Å². The first-order chi connectivity index (χ1) is 21.6. The summed E-state index contributed by atoms with van der Waals surface area (Å²) in [6.07, 6.45) is 4.76. The van der Waals surface area contributed by atoms with Crippen molar-refractivity contribution in [1.82, 2.24) is 41.7 Å². The fourth-order valence-electron chi connectivity index (χ4n) is 5.71. The standard InChI is InChI=1S/C32H56N8.C2H4O2.8BrH.5H2O/c1-9-33-15-17-35-13-3-21-39(23-19-37-11-1)27-29-5-7-31-8-6-30(26-32(31)25-29)28-40-22-4-14-36-18-16-34-10-2-12-38-20-24-40;1-2(3)4;;;;;;;;;;;;;/h5-8,25-26,33-38H,1-4,9-24,27-28H2;1H3,(H,3,4);8*1H;5*1H2. The molecule has 2 saturated heterocycles. The van der Waals surface area contributed by atoms with Gasteiger partial charge in [0.1, 0.15) is 0 Å². The molecule has 0 aromatic heterocycles. The topological polar surface area (TPSA) is 273 Å². The van der Waals surface area contributed by atoms with E-state index in [1.165, 1.54) is 47.6 Å². The normalized spacial score (nSPS) is 15.8. The summed E-state index contributed by atoms with van der Waals surface area (Å²) in [6.45, 7) is 20.5. The van der Waals surface area contributed by atoms with Crippen LogP contribution in [0.5, 0.6) is 0 Å². The second-order valence-corrected chi connectivity index (χ2v) is 12.0. The largest absolute Gasteiger partial charge is 0.481 e. The number of aliphatic carboxylic acids is 1. The van der Waals surface area contributed by atoms with Crippen LogP contribution in [0, 0.1) is 0 Å². The molecule has 2 fully saturated rings. The van der Waals surface area contributed by atoms with Crippen molar-refractivity contribution in [3.8, 4) is 0 Å². The van der Waals surface area contributed by atoms with Crippen molar-refractivity contribution in [2.45, 2.75) is 45.7 Å². The van der Waals surface area contributed by atoms with E-state index in [2.05, 4.69) is 78.1 Å². The molecular formula is C34H78Br8N8O7. The fraction of sp³-hybridized carbons (Fsp3) is 0.676. The van der Waals surface area contributed by atoms with E-state index in [9.17, 15) is 0 Å². The van der Waals surface area contributed by atoms with Crippen molar-refractivity contribution in [1.29, 1.82) is 0 Å². The minimum absolute atomic E-state index is 0. The molecular weight excluding hydrogens is 1270 g/mol. The Kier molecular flexibility index (Phi) is 86.5. The lowest BCUT2D eigenvalue weighted by molar-refractivity contribution is -0.134. The summed E-state index contributed by atoms with van der Waals surface area (Å²) in [4.78, 5) is 14.3. The van der Waals surface area contributed by atoms with E-state index in [1.54, 1.807) is 0 Å². The van der Waals surface area contributed by atoms with Crippen molar-refractivity contribution in [2.24, 2.45) is 0 Å². The molecule has 23 heteroatoms. The maximum absolute atomic E-state index is 9.00. The zero-order chi connectivity index (χ0) is 31.1. The number of carboxylic acid groups (broad SMARTS) is 1. The van der Waals surface area contributed by atoms with Gasteiger partial charge >= 0.3 is 0 Å². The number of carboxylic acids is 1. The summed E-state index contributed by atoms with van der Waals surface area (Å²) in [5.41, 5.74) is 2.84. The molecule has 0 aliphatic carbocycles. The van der Waals surface area contributed by atoms with Gasteiger partial charge < -0.3 is 64.4 Å². The second kappa shape index (κ2) is 57.5. The SMILES string of the molecule is Br.Br.Br.Br.Br.Br.Br.Br.CC(=O)O.O.O.O.O.O.c1cc2ccc(CN3CCCNCCNCCCNCC3)cc2cc1CN1CCCNCCNCCCNCC1. The third-order valence-electron chi connectivity index (χ3n) is 8.02. The number of benzene rings is 2. The molecule has 2 aliphatic heterocycles. The van der Waals surface area contributed by atoms with Crippen molar-refractivity contribution >= 4 is 153 Å². The van der Waals surface area contributed by atoms with Crippen LogP contribution in [-0.2, 0) is 17.9 Å². The van der Waals surface area contributed by atoms with Crippen LogP contribution in [0.3, 0.4) is 0 Å². The average molecular weight is 1350 g/mol. The Morgan fingerprint density at radius 1 is 0.456 bits per heavy atom. The molecule has 0 spiro atoms. The van der Waals surface area contributed by atoms with Gasteiger partial charge in [-0.05, 0) is 112 Å². The lowest BCUT2D eigenvalue weighted by atomic mass is 10.0. The van der Waals surface area contributed by atoms with E-state index in [0.717, 1.165) is 125 Å². The summed E-state index contributed by atoms with van der Waals surface area (Å²) in [7, 11) is 0. The van der Waals surface area contributed by atoms with Gasteiger partial charge in [-0.2, -0.15) is 0 Å². The highest BCUT2D eigenvalue weighted by atomic mass is 79.9. The third kappa shape index (κ3) is 43.9. The molecule has 352 valence electrons. The predicted molar refractivity (Wildman–Crippen MR) is 284 cm³/mol. The summed E-state index contributed by atoms with van der Waals surface area (Å²) in [5.74, 6) is -0.833. The minimum Gasteiger partial charge on any atom is -0.481 e. The van der Waals surface area contributed by atoms with E-state index in [0.29, 0.717) is 0 Å². The number of hydrogen-bond donors (Lipinski definition) is 7. The first kappa shape index (κ1) is 85.7. The zero-order valence-corrected chi connectivity index (χ0v) is 46.7. The van der Waals surface area contributed by atoms with E-state index in [1.807, 2.05) is 0 Å². The second-order valence-electron chi connectivity index (χ2n) is 12.0. The lowest BCUT2D eigenvalue weighted by Gasteiger charge is -2.24. The maximum atomic E-state index is 9.00. The monoisotopic (exact) mass is 1340 g/mol. The van der Waals surface area contributed by atoms with Crippen LogP contribution in [0.15, 0.2) is 36.4 Å². The molecule has 0 atom stereocenters. The van der Waals surface area contributed by atoms with Gasteiger partial charge in [-0.1, -0.05) is 24.3 Å². The number of rotatable bonds is 4. The van der Waals surface area contributed by atoms with Crippen LogP contribution in [0.4, 0.5) is 0 Å². The molecule has 0 bridgehead atoms.